The van der Waals surface area contributed by atoms with Gasteiger partial charge in [-0.2, -0.15) is 0 Å². The van der Waals surface area contributed by atoms with Crippen LogP contribution in [0, 0.1) is 0 Å². The summed E-state index contributed by atoms with van der Waals surface area (Å²) in [4.78, 5) is 22.6. The quantitative estimate of drug-likeness (QED) is 0.612. The zero-order valence-corrected chi connectivity index (χ0v) is 8.20. The van der Waals surface area contributed by atoms with Gasteiger partial charge in [-0.05, 0) is 0 Å². The van der Waals surface area contributed by atoms with Crippen LogP contribution in [0.5, 0.6) is 0 Å². The van der Waals surface area contributed by atoms with Gasteiger partial charge in [0.2, 0.25) is 5.91 Å². The monoisotopic (exact) mass is 188 g/mol. The van der Waals surface area contributed by atoms with Gasteiger partial charge >= 0.3 is 5.97 Å². The van der Waals surface area contributed by atoms with Crippen molar-refractivity contribution in [3.8, 4) is 0 Å². The summed E-state index contributed by atoms with van der Waals surface area (Å²) in [5, 5.41) is 11.3. The number of aliphatic carboxylic acids is 1. The molecule has 0 aliphatic carbocycles. The first kappa shape index (κ1) is 11.9. The maximum Gasteiger partial charge on any atom is 0.323 e. The Labute approximate surface area is 77.7 Å². The lowest BCUT2D eigenvalue weighted by molar-refractivity contribution is -0.143. The second-order valence-electron chi connectivity index (χ2n) is 3.18. The van der Waals surface area contributed by atoms with E-state index in [1.165, 1.54) is 11.9 Å². The van der Waals surface area contributed by atoms with Crippen LogP contribution in [0.25, 0.3) is 0 Å². The highest BCUT2D eigenvalue weighted by Crippen LogP contribution is 1.84. The number of amides is 1. The second kappa shape index (κ2) is 5.53. The highest BCUT2D eigenvalue weighted by molar-refractivity contribution is 5.82. The summed E-state index contributed by atoms with van der Waals surface area (Å²) >= 11 is 0. The Balaban J connectivity index is 3.76. The van der Waals surface area contributed by atoms with Crippen molar-refractivity contribution in [1.82, 2.24) is 10.2 Å². The van der Waals surface area contributed by atoms with Crippen molar-refractivity contribution < 1.29 is 14.7 Å². The molecule has 0 unspecified atom stereocenters. The van der Waals surface area contributed by atoms with E-state index in [0.717, 1.165) is 0 Å². The van der Waals surface area contributed by atoms with Crippen LogP contribution < -0.4 is 5.32 Å². The average molecular weight is 188 g/mol. The fourth-order valence-electron chi connectivity index (χ4n) is 0.717. The minimum Gasteiger partial charge on any atom is -0.480 e. The van der Waals surface area contributed by atoms with Crippen LogP contribution in [0.2, 0.25) is 0 Å². The minimum atomic E-state index is -1.000. The molecular weight excluding hydrogens is 172 g/mol. The summed E-state index contributed by atoms with van der Waals surface area (Å²) in [5.41, 5.74) is 0. The lowest BCUT2D eigenvalue weighted by atomic mass is 10.4. The number of hydrogen-bond donors (Lipinski definition) is 2. The minimum absolute atomic E-state index is 0.182. The Morgan fingerprint density at radius 3 is 2.38 bits per heavy atom. The molecule has 0 aromatic rings. The molecule has 13 heavy (non-hydrogen) atoms. The highest BCUT2D eigenvalue weighted by atomic mass is 16.4. The first-order valence-corrected chi connectivity index (χ1v) is 4.12. The van der Waals surface area contributed by atoms with Crippen LogP contribution in [-0.4, -0.2) is 48.1 Å². The van der Waals surface area contributed by atoms with Gasteiger partial charge in [-0.1, -0.05) is 13.8 Å². The number of carboxylic acids is 1. The molecule has 0 rings (SSSR count). The molecule has 76 valence electrons. The number of rotatable bonds is 5. The first-order valence-electron chi connectivity index (χ1n) is 4.12. The van der Waals surface area contributed by atoms with Crippen molar-refractivity contribution >= 4 is 11.9 Å². The van der Waals surface area contributed by atoms with E-state index in [1.807, 2.05) is 13.8 Å². The SMILES string of the molecule is CC(C)NCC(=O)N(C)CC(=O)O. The van der Waals surface area contributed by atoms with Crippen LogP contribution in [0.15, 0.2) is 0 Å². The second-order valence-corrected chi connectivity index (χ2v) is 3.18. The lowest BCUT2D eigenvalue weighted by Crippen LogP contribution is -2.40. The van der Waals surface area contributed by atoms with E-state index < -0.39 is 5.97 Å². The molecule has 0 aliphatic rings. The molecule has 1 amide bonds. The first-order chi connectivity index (χ1) is 5.93. The average Bonchev–Trinajstić information content (AvgIpc) is 1.98. The fourth-order valence-corrected chi connectivity index (χ4v) is 0.717. The van der Waals surface area contributed by atoms with Crippen molar-refractivity contribution in [2.75, 3.05) is 20.1 Å². The van der Waals surface area contributed by atoms with Crippen molar-refractivity contribution in [2.45, 2.75) is 19.9 Å². The molecule has 5 heteroatoms. The normalized spacial score (nSPS) is 10.2. The van der Waals surface area contributed by atoms with Crippen LogP contribution in [-0.2, 0) is 9.59 Å². The molecule has 0 saturated heterocycles. The lowest BCUT2D eigenvalue weighted by Gasteiger charge is -2.15. The number of nitrogens with one attached hydrogen (secondary N) is 1. The standard InChI is InChI=1S/C8H16N2O3/c1-6(2)9-4-7(11)10(3)5-8(12)13/h6,9H,4-5H2,1-3H3,(H,12,13). The molecule has 0 aliphatic heterocycles. The summed E-state index contributed by atoms with van der Waals surface area (Å²) in [5.74, 6) is -1.21. The van der Waals surface area contributed by atoms with Gasteiger partial charge < -0.3 is 15.3 Å². The van der Waals surface area contributed by atoms with E-state index in [2.05, 4.69) is 5.32 Å². The van der Waals surface area contributed by atoms with Gasteiger partial charge in [-0.15, -0.1) is 0 Å². The zero-order valence-electron chi connectivity index (χ0n) is 8.20. The Morgan fingerprint density at radius 1 is 1.46 bits per heavy atom. The predicted molar refractivity (Wildman–Crippen MR) is 48.4 cm³/mol. The maximum absolute atomic E-state index is 11.2. The van der Waals surface area contributed by atoms with Gasteiger partial charge in [0.25, 0.3) is 0 Å². The number of carbonyl (C=O) groups is 2. The predicted octanol–water partition coefficient (Wildman–Crippen LogP) is -0.473. The molecule has 0 heterocycles. The van der Waals surface area contributed by atoms with Crippen LogP contribution in [0.3, 0.4) is 0 Å². The fraction of sp³-hybridized carbons (Fsp3) is 0.750. The third kappa shape index (κ3) is 6.10. The number of carboxylic acid groups (broad SMARTS) is 1. The van der Waals surface area contributed by atoms with E-state index in [-0.39, 0.29) is 25.0 Å². The largest absolute Gasteiger partial charge is 0.480 e. The topological polar surface area (TPSA) is 69.6 Å². The van der Waals surface area contributed by atoms with Gasteiger partial charge in [0, 0.05) is 13.1 Å². The Morgan fingerprint density at radius 2 is 2.00 bits per heavy atom. The van der Waals surface area contributed by atoms with E-state index in [4.69, 9.17) is 5.11 Å². The summed E-state index contributed by atoms with van der Waals surface area (Å²) in [6.45, 7) is 3.77. The maximum atomic E-state index is 11.2. The van der Waals surface area contributed by atoms with E-state index >= 15 is 0 Å². The molecular formula is C8H16N2O3. The van der Waals surface area contributed by atoms with Crippen molar-refractivity contribution in [1.29, 1.82) is 0 Å². The van der Waals surface area contributed by atoms with Crippen LogP contribution in [0.4, 0.5) is 0 Å². The van der Waals surface area contributed by atoms with E-state index in [0.29, 0.717) is 0 Å². The number of likely N-dealkylation sites (N-methyl/N-ethyl adjacent to an activating group) is 1. The van der Waals surface area contributed by atoms with Crippen molar-refractivity contribution in [3.05, 3.63) is 0 Å². The molecule has 0 fully saturated rings. The van der Waals surface area contributed by atoms with E-state index in [1.54, 1.807) is 0 Å². The number of hydrogen-bond acceptors (Lipinski definition) is 3. The van der Waals surface area contributed by atoms with Gasteiger partial charge in [0.1, 0.15) is 6.54 Å². The van der Waals surface area contributed by atoms with Crippen LogP contribution >= 0.6 is 0 Å². The molecule has 0 aromatic heterocycles. The Bertz CT molecular complexity index is 192. The molecule has 0 radical (unpaired) electrons. The van der Waals surface area contributed by atoms with Crippen molar-refractivity contribution in [3.63, 3.8) is 0 Å². The molecule has 0 bridgehead atoms. The smallest absolute Gasteiger partial charge is 0.323 e. The molecule has 0 saturated carbocycles. The summed E-state index contributed by atoms with van der Waals surface area (Å²) < 4.78 is 0. The molecule has 0 spiro atoms. The summed E-state index contributed by atoms with van der Waals surface area (Å²) in [6, 6.07) is 0.224. The van der Waals surface area contributed by atoms with Gasteiger partial charge in [-0.25, -0.2) is 0 Å². The van der Waals surface area contributed by atoms with Gasteiger partial charge in [0.05, 0.1) is 6.54 Å². The zero-order chi connectivity index (χ0) is 10.4. The van der Waals surface area contributed by atoms with Crippen LogP contribution in [0.1, 0.15) is 13.8 Å². The van der Waals surface area contributed by atoms with Gasteiger partial charge in [0.15, 0.2) is 0 Å². The molecule has 0 atom stereocenters. The number of nitrogens with zero attached hydrogens (tertiary/aromatic N) is 1. The third-order valence-corrected chi connectivity index (χ3v) is 1.46. The Kier molecular flexibility index (Phi) is 5.06. The summed E-state index contributed by atoms with van der Waals surface area (Å²) in [6.07, 6.45) is 0. The Hall–Kier alpha value is -1.10. The number of carbonyl (C=O) groups excluding carboxylic acids is 1. The highest BCUT2D eigenvalue weighted by Gasteiger charge is 2.11. The van der Waals surface area contributed by atoms with Crippen molar-refractivity contribution in [2.24, 2.45) is 0 Å². The van der Waals surface area contributed by atoms with Gasteiger partial charge in [-0.3, -0.25) is 9.59 Å². The van der Waals surface area contributed by atoms with E-state index in [9.17, 15) is 9.59 Å². The molecule has 5 nitrogen and oxygen atoms in total. The molecule has 2 N–H and O–H groups in total. The molecule has 0 aromatic carbocycles. The summed E-state index contributed by atoms with van der Waals surface area (Å²) in [7, 11) is 1.47. The third-order valence-electron chi connectivity index (χ3n) is 1.46.